The lowest BCUT2D eigenvalue weighted by Gasteiger charge is -2.08. The highest BCUT2D eigenvalue weighted by atomic mass is 79.9. The summed E-state index contributed by atoms with van der Waals surface area (Å²) in [5.74, 6) is 0.218. The van der Waals surface area contributed by atoms with Crippen LogP contribution in [0.1, 0.15) is 12.5 Å². The molecule has 0 aromatic heterocycles. The molecule has 1 aliphatic heterocycles. The maximum absolute atomic E-state index is 11.5. The molecule has 1 heterocycles. The van der Waals surface area contributed by atoms with Gasteiger partial charge in [-0.15, -0.1) is 0 Å². The SMILES string of the molecule is C=CCOc1ccc(Br)cc1/C=C1\C(=O)ON=C1C. The largest absolute Gasteiger partial charge is 0.489 e. The number of halogens is 1. The van der Waals surface area contributed by atoms with Crippen LogP contribution in [0.3, 0.4) is 0 Å². The van der Waals surface area contributed by atoms with Gasteiger partial charge in [0.05, 0.1) is 11.3 Å². The van der Waals surface area contributed by atoms with Gasteiger partial charge in [-0.25, -0.2) is 4.79 Å². The first kappa shape index (κ1) is 13.5. The fourth-order valence-electron chi connectivity index (χ4n) is 1.59. The number of ether oxygens (including phenoxy) is 1. The van der Waals surface area contributed by atoms with E-state index in [1.807, 2.05) is 18.2 Å². The van der Waals surface area contributed by atoms with Crippen LogP contribution in [0.4, 0.5) is 0 Å². The minimum Gasteiger partial charge on any atom is -0.489 e. The fourth-order valence-corrected chi connectivity index (χ4v) is 1.97. The molecule has 1 aliphatic rings. The molecule has 0 amide bonds. The van der Waals surface area contributed by atoms with Gasteiger partial charge in [0, 0.05) is 10.0 Å². The van der Waals surface area contributed by atoms with Gasteiger partial charge in [0.15, 0.2) is 0 Å². The molecule has 4 nitrogen and oxygen atoms in total. The Hall–Kier alpha value is -1.88. The molecule has 1 aromatic carbocycles. The fraction of sp³-hybridized carbons (Fsp3) is 0.143. The Morgan fingerprint density at radius 2 is 2.32 bits per heavy atom. The summed E-state index contributed by atoms with van der Waals surface area (Å²) in [6.45, 7) is 5.73. The van der Waals surface area contributed by atoms with Crippen LogP contribution in [-0.4, -0.2) is 18.3 Å². The van der Waals surface area contributed by atoms with Gasteiger partial charge >= 0.3 is 5.97 Å². The Labute approximate surface area is 119 Å². The summed E-state index contributed by atoms with van der Waals surface area (Å²) in [6, 6.07) is 5.56. The molecule has 0 saturated heterocycles. The van der Waals surface area contributed by atoms with Gasteiger partial charge < -0.3 is 9.57 Å². The van der Waals surface area contributed by atoms with Gasteiger partial charge in [-0.05, 0) is 31.2 Å². The second kappa shape index (κ2) is 5.84. The molecule has 0 radical (unpaired) electrons. The maximum Gasteiger partial charge on any atom is 0.367 e. The van der Waals surface area contributed by atoms with Crippen LogP contribution in [0.25, 0.3) is 6.08 Å². The van der Waals surface area contributed by atoms with E-state index in [2.05, 4.69) is 32.5 Å². The van der Waals surface area contributed by atoms with Crippen molar-refractivity contribution in [3.8, 4) is 5.75 Å². The Kier molecular flexibility index (Phi) is 4.16. The number of carbonyl (C=O) groups excluding carboxylic acids is 1. The third kappa shape index (κ3) is 3.12. The van der Waals surface area contributed by atoms with Crippen molar-refractivity contribution >= 4 is 33.7 Å². The van der Waals surface area contributed by atoms with Crippen LogP contribution in [0.5, 0.6) is 5.75 Å². The van der Waals surface area contributed by atoms with Crippen molar-refractivity contribution in [2.45, 2.75) is 6.92 Å². The highest BCUT2D eigenvalue weighted by Crippen LogP contribution is 2.27. The molecule has 98 valence electrons. The number of carbonyl (C=O) groups is 1. The molecule has 1 aromatic rings. The summed E-state index contributed by atoms with van der Waals surface area (Å²) >= 11 is 3.39. The summed E-state index contributed by atoms with van der Waals surface area (Å²) in [6.07, 6.45) is 3.37. The van der Waals surface area contributed by atoms with Crippen LogP contribution >= 0.6 is 15.9 Å². The summed E-state index contributed by atoms with van der Waals surface area (Å²) in [4.78, 5) is 16.1. The molecule has 0 unspecified atom stereocenters. The third-order valence-corrected chi connectivity index (χ3v) is 3.00. The van der Waals surface area contributed by atoms with Crippen LogP contribution in [0, 0.1) is 0 Å². The maximum atomic E-state index is 11.5. The van der Waals surface area contributed by atoms with Crippen molar-refractivity contribution in [2.24, 2.45) is 5.16 Å². The first-order chi connectivity index (χ1) is 9.11. The highest BCUT2D eigenvalue weighted by Gasteiger charge is 2.22. The Morgan fingerprint density at radius 1 is 1.53 bits per heavy atom. The van der Waals surface area contributed by atoms with Crippen LogP contribution in [0.2, 0.25) is 0 Å². The van der Waals surface area contributed by atoms with Gasteiger partial charge in [-0.1, -0.05) is 33.7 Å². The lowest BCUT2D eigenvalue weighted by molar-refractivity contribution is -0.136. The molecule has 5 heteroatoms. The number of hydrogen-bond acceptors (Lipinski definition) is 4. The zero-order valence-electron chi connectivity index (χ0n) is 10.4. The van der Waals surface area contributed by atoms with E-state index in [0.29, 0.717) is 23.6 Å². The molecule has 0 bridgehead atoms. The predicted molar refractivity (Wildman–Crippen MR) is 77.0 cm³/mol. The first-order valence-electron chi connectivity index (χ1n) is 5.63. The van der Waals surface area contributed by atoms with Crippen LogP contribution in [-0.2, 0) is 9.63 Å². The average molecular weight is 322 g/mol. The number of hydrogen-bond donors (Lipinski definition) is 0. The minimum atomic E-state index is -0.452. The average Bonchev–Trinajstić information content (AvgIpc) is 2.70. The lowest BCUT2D eigenvalue weighted by Crippen LogP contribution is -2.02. The van der Waals surface area contributed by atoms with E-state index in [9.17, 15) is 4.79 Å². The van der Waals surface area contributed by atoms with Gasteiger partial charge in [0.25, 0.3) is 0 Å². The molecule has 0 N–H and O–H groups in total. The van der Waals surface area contributed by atoms with Crippen molar-refractivity contribution in [1.29, 1.82) is 0 Å². The van der Waals surface area contributed by atoms with E-state index in [1.165, 1.54) is 0 Å². The van der Waals surface area contributed by atoms with E-state index >= 15 is 0 Å². The summed E-state index contributed by atoms with van der Waals surface area (Å²) < 4.78 is 6.44. The van der Waals surface area contributed by atoms with E-state index in [0.717, 1.165) is 10.0 Å². The molecule has 0 spiro atoms. The van der Waals surface area contributed by atoms with Gasteiger partial charge in [-0.3, -0.25) is 0 Å². The van der Waals surface area contributed by atoms with Crippen LogP contribution in [0.15, 0.2) is 46.1 Å². The zero-order valence-corrected chi connectivity index (χ0v) is 11.9. The van der Waals surface area contributed by atoms with E-state index in [-0.39, 0.29) is 0 Å². The number of nitrogens with zero attached hydrogens (tertiary/aromatic N) is 1. The van der Waals surface area contributed by atoms with Crippen molar-refractivity contribution in [2.75, 3.05) is 6.61 Å². The third-order valence-electron chi connectivity index (χ3n) is 2.50. The zero-order chi connectivity index (χ0) is 13.8. The number of oxime groups is 1. The Bertz CT molecular complexity index is 590. The van der Waals surface area contributed by atoms with E-state index in [4.69, 9.17) is 4.74 Å². The second-order valence-corrected chi connectivity index (χ2v) is 4.81. The highest BCUT2D eigenvalue weighted by molar-refractivity contribution is 9.10. The summed E-state index contributed by atoms with van der Waals surface area (Å²) in [5.41, 5.74) is 1.76. The molecule has 0 saturated carbocycles. The van der Waals surface area contributed by atoms with Gasteiger partial charge in [0.2, 0.25) is 0 Å². The van der Waals surface area contributed by atoms with Gasteiger partial charge in [-0.2, -0.15) is 0 Å². The smallest absolute Gasteiger partial charge is 0.367 e. The first-order valence-corrected chi connectivity index (χ1v) is 6.42. The topological polar surface area (TPSA) is 47.9 Å². The summed E-state index contributed by atoms with van der Waals surface area (Å²) in [5, 5.41) is 3.64. The van der Waals surface area contributed by atoms with Crippen LogP contribution < -0.4 is 4.74 Å². The minimum absolute atomic E-state index is 0.398. The van der Waals surface area contributed by atoms with E-state index < -0.39 is 5.97 Å². The summed E-state index contributed by atoms with van der Waals surface area (Å²) in [7, 11) is 0. The monoisotopic (exact) mass is 321 g/mol. The van der Waals surface area contributed by atoms with Crippen molar-refractivity contribution in [3.63, 3.8) is 0 Å². The second-order valence-electron chi connectivity index (χ2n) is 3.90. The molecule has 0 atom stereocenters. The normalized spacial score (nSPS) is 16.2. The molecule has 19 heavy (non-hydrogen) atoms. The quantitative estimate of drug-likeness (QED) is 0.485. The number of benzene rings is 1. The van der Waals surface area contributed by atoms with Crippen molar-refractivity contribution in [3.05, 3.63) is 46.5 Å². The van der Waals surface area contributed by atoms with Crippen molar-refractivity contribution in [1.82, 2.24) is 0 Å². The Balaban J connectivity index is 2.40. The molecule has 0 fully saturated rings. The number of rotatable bonds is 4. The van der Waals surface area contributed by atoms with Crippen molar-refractivity contribution < 1.29 is 14.4 Å². The Morgan fingerprint density at radius 3 is 2.95 bits per heavy atom. The van der Waals surface area contributed by atoms with E-state index in [1.54, 1.807) is 19.1 Å². The molecule has 0 aliphatic carbocycles. The molecular weight excluding hydrogens is 310 g/mol. The van der Waals surface area contributed by atoms with Gasteiger partial charge in [0.1, 0.15) is 12.4 Å². The predicted octanol–water partition coefficient (Wildman–Crippen LogP) is 3.33. The molecular formula is C14H12BrNO3. The molecule has 2 rings (SSSR count). The lowest BCUT2D eigenvalue weighted by atomic mass is 10.1. The standard InChI is InChI=1S/C14H12BrNO3/c1-3-6-18-13-5-4-11(15)7-10(13)8-12-9(2)16-19-14(12)17/h3-5,7-8H,1,6H2,2H3/b12-8-.